The summed E-state index contributed by atoms with van der Waals surface area (Å²) in [5, 5.41) is 0. The number of hydrogen-bond acceptors (Lipinski definition) is 2. The maximum absolute atomic E-state index is 12.7. The molecule has 24 heavy (non-hydrogen) atoms. The van der Waals surface area contributed by atoms with Gasteiger partial charge in [0.2, 0.25) is 5.91 Å². The van der Waals surface area contributed by atoms with Crippen molar-refractivity contribution in [1.29, 1.82) is 0 Å². The smallest absolute Gasteiger partial charge is 0.253 e. The molecule has 124 valence electrons. The van der Waals surface area contributed by atoms with Crippen molar-refractivity contribution < 1.29 is 9.59 Å². The molecule has 4 nitrogen and oxygen atoms in total. The minimum Gasteiger partial charge on any atom is -0.344 e. The van der Waals surface area contributed by atoms with Gasteiger partial charge in [-0.15, -0.1) is 0 Å². The highest BCUT2D eigenvalue weighted by molar-refractivity contribution is 5.95. The molecule has 0 saturated carbocycles. The summed E-state index contributed by atoms with van der Waals surface area (Å²) in [6, 6.07) is 16.0. The van der Waals surface area contributed by atoms with E-state index >= 15 is 0 Å². The molecule has 0 unspecified atom stereocenters. The van der Waals surface area contributed by atoms with Crippen LogP contribution in [0.25, 0.3) is 11.1 Å². The van der Waals surface area contributed by atoms with Gasteiger partial charge in [-0.2, -0.15) is 0 Å². The summed E-state index contributed by atoms with van der Waals surface area (Å²) in [6.45, 7) is 3.73. The SMILES string of the molecule is Cc1ccc(-c2ccc(C(=O)N3CCC(=O)N(C)CC3)cc2)cc1. The van der Waals surface area contributed by atoms with Crippen LogP contribution >= 0.6 is 0 Å². The van der Waals surface area contributed by atoms with Gasteiger partial charge in [0, 0.05) is 38.7 Å². The lowest BCUT2D eigenvalue weighted by Gasteiger charge is -2.20. The van der Waals surface area contributed by atoms with Crippen molar-refractivity contribution in [2.24, 2.45) is 0 Å². The van der Waals surface area contributed by atoms with Gasteiger partial charge < -0.3 is 9.80 Å². The van der Waals surface area contributed by atoms with Crippen LogP contribution in [-0.4, -0.2) is 48.3 Å². The number of benzene rings is 2. The summed E-state index contributed by atoms with van der Waals surface area (Å²) >= 11 is 0. The van der Waals surface area contributed by atoms with E-state index in [1.165, 1.54) is 5.56 Å². The highest BCUT2D eigenvalue weighted by Gasteiger charge is 2.22. The van der Waals surface area contributed by atoms with Gasteiger partial charge in [0.1, 0.15) is 0 Å². The topological polar surface area (TPSA) is 40.6 Å². The molecule has 1 aliphatic rings. The largest absolute Gasteiger partial charge is 0.344 e. The summed E-state index contributed by atoms with van der Waals surface area (Å²) in [5.74, 6) is 0.0913. The van der Waals surface area contributed by atoms with Crippen LogP contribution in [0.3, 0.4) is 0 Å². The standard InChI is InChI=1S/C20H22N2O2/c1-15-3-5-16(6-4-15)17-7-9-18(10-8-17)20(24)22-12-11-19(23)21(2)13-14-22/h3-10H,11-14H2,1-2H3. The maximum atomic E-state index is 12.7. The highest BCUT2D eigenvalue weighted by Crippen LogP contribution is 2.21. The molecule has 2 amide bonds. The molecule has 1 aliphatic heterocycles. The fourth-order valence-corrected chi connectivity index (χ4v) is 2.87. The fraction of sp³-hybridized carbons (Fsp3) is 0.300. The Morgan fingerprint density at radius 2 is 1.46 bits per heavy atom. The Bertz CT molecular complexity index is 735. The molecule has 1 fully saturated rings. The summed E-state index contributed by atoms with van der Waals surface area (Å²) in [6.07, 6.45) is 0.393. The second-order valence-corrected chi connectivity index (χ2v) is 6.30. The molecule has 2 aromatic rings. The third-order valence-corrected chi connectivity index (χ3v) is 4.53. The molecule has 0 radical (unpaired) electrons. The van der Waals surface area contributed by atoms with Crippen LogP contribution in [0.5, 0.6) is 0 Å². The lowest BCUT2D eigenvalue weighted by Crippen LogP contribution is -2.34. The van der Waals surface area contributed by atoms with E-state index < -0.39 is 0 Å². The van der Waals surface area contributed by atoms with Crippen molar-refractivity contribution in [3.8, 4) is 11.1 Å². The van der Waals surface area contributed by atoms with Crippen LogP contribution in [0.2, 0.25) is 0 Å². The van der Waals surface area contributed by atoms with Crippen molar-refractivity contribution in [3.63, 3.8) is 0 Å². The Morgan fingerprint density at radius 1 is 0.875 bits per heavy atom. The van der Waals surface area contributed by atoms with Crippen molar-refractivity contribution in [2.45, 2.75) is 13.3 Å². The number of aryl methyl sites for hydroxylation is 1. The molecule has 0 N–H and O–H groups in total. The summed E-state index contributed by atoms with van der Waals surface area (Å²) < 4.78 is 0. The van der Waals surface area contributed by atoms with E-state index in [1.807, 2.05) is 24.3 Å². The molecule has 1 heterocycles. The van der Waals surface area contributed by atoms with E-state index in [1.54, 1.807) is 16.8 Å². The van der Waals surface area contributed by atoms with Crippen LogP contribution in [0.1, 0.15) is 22.3 Å². The minimum absolute atomic E-state index is 0.00597. The Kier molecular flexibility index (Phi) is 4.65. The Balaban J connectivity index is 1.74. The fourth-order valence-electron chi connectivity index (χ4n) is 2.87. The zero-order chi connectivity index (χ0) is 17.1. The number of likely N-dealkylation sites (N-methyl/N-ethyl adjacent to an activating group) is 1. The maximum Gasteiger partial charge on any atom is 0.253 e. The molecule has 0 aliphatic carbocycles. The van der Waals surface area contributed by atoms with E-state index in [4.69, 9.17) is 0 Å². The van der Waals surface area contributed by atoms with Gasteiger partial charge in [-0.3, -0.25) is 9.59 Å². The molecule has 0 spiro atoms. The van der Waals surface area contributed by atoms with Crippen LogP contribution in [0.4, 0.5) is 0 Å². The molecular weight excluding hydrogens is 300 g/mol. The van der Waals surface area contributed by atoms with Crippen LogP contribution in [0.15, 0.2) is 48.5 Å². The van der Waals surface area contributed by atoms with Gasteiger partial charge in [0.15, 0.2) is 0 Å². The summed E-state index contributed by atoms with van der Waals surface area (Å²) in [4.78, 5) is 27.8. The third kappa shape index (κ3) is 3.48. The first-order valence-electron chi connectivity index (χ1n) is 8.25. The number of nitrogens with zero attached hydrogens (tertiary/aromatic N) is 2. The van der Waals surface area contributed by atoms with Crippen molar-refractivity contribution in [1.82, 2.24) is 9.80 Å². The van der Waals surface area contributed by atoms with Gasteiger partial charge in [0.05, 0.1) is 0 Å². The molecule has 4 heteroatoms. The van der Waals surface area contributed by atoms with Crippen molar-refractivity contribution >= 4 is 11.8 Å². The zero-order valence-electron chi connectivity index (χ0n) is 14.2. The van der Waals surface area contributed by atoms with Gasteiger partial charge in [-0.05, 0) is 30.2 Å². The Morgan fingerprint density at radius 3 is 2.08 bits per heavy atom. The first-order valence-corrected chi connectivity index (χ1v) is 8.25. The van der Waals surface area contributed by atoms with E-state index in [0.717, 1.165) is 11.1 Å². The molecule has 0 atom stereocenters. The second kappa shape index (κ2) is 6.87. The number of hydrogen-bond donors (Lipinski definition) is 0. The molecule has 3 rings (SSSR count). The molecule has 0 aromatic heterocycles. The van der Waals surface area contributed by atoms with Crippen LogP contribution < -0.4 is 0 Å². The van der Waals surface area contributed by atoms with Gasteiger partial charge >= 0.3 is 0 Å². The monoisotopic (exact) mass is 322 g/mol. The van der Waals surface area contributed by atoms with Crippen molar-refractivity contribution in [3.05, 3.63) is 59.7 Å². The van der Waals surface area contributed by atoms with E-state index in [9.17, 15) is 9.59 Å². The van der Waals surface area contributed by atoms with Crippen LogP contribution in [-0.2, 0) is 4.79 Å². The van der Waals surface area contributed by atoms with Crippen molar-refractivity contribution in [2.75, 3.05) is 26.7 Å². The lowest BCUT2D eigenvalue weighted by atomic mass is 10.0. The molecule has 0 bridgehead atoms. The first-order chi connectivity index (χ1) is 11.5. The first kappa shape index (κ1) is 16.2. The average molecular weight is 322 g/mol. The van der Waals surface area contributed by atoms with E-state index in [0.29, 0.717) is 31.6 Å². The third-order valence-electron chi connectivity index (χ3n) is 4.53. The predicted octanol–water partition coefficient (Wildman–Crippen LogP) is 2.97. The highest BCUT2D eigenvalue weighted by atomic mass is 16.2. The Labute approximate surface area is 142 Å². The summed E-state index contributed by atoms with van der Waals surface area (Å²) in [5.41, 5.74) is 4.13. The van der Waals surface area contributed by atoms with Crippen LogP contribution in [0, 0.1) is 6.92 Å². The average Bonchev–Trinajstić information content (AvgIpc) is 2.77. The predicted molar refractivity (Wildman–Crippen MR) is 94.8 cm³/mol. The number of rotatable bonds is 2. The van der Waals surface area contributed by atoms with E-state index in [2.05, 4.69) is 31.2 Å². The normalized spacial score (nSPS) is 15.3. The van der Waals surface area contributed by atoms with Gasteiger partial charge in [-0.1, -0.05) is 42.0 Å². The second-order valence-electron chi connectivity index (χ2n) is 6.30. The summed E-state index contributed by atoms with van der Waals surface area (Å²) in [7, 11) is 1.78. The van der Waals surface area contributed by atoms with Gasteiger partial charge in [0.25, 0.3) is 5.91 Å². The van der Waals surface area contributed by atoms with E-state index in [-0.39, 0.29) is 11.8 Å². The van der Waals surface area contributed by atoms with Gasteiger partial charge in [-0.25, -0.2) is 0 Å². The number of carbonyl (C=O) groups excluding carboxylic acids is 2. The molecule has 2 aromatic carbocycles. The number of carbonyl (C=O) groups is 2. The minimum atomic E-state index is -0.00597. The Hall–Kier alpha value is -2.62. The lowest BCUT2D eigenvalue weighted by molar-refractivity contribution is -0.129. The molecular formula is C20H22N2O2. The number of amides is 2. The zero-order valence-corrected chi connectivity index (χ0v) is 14.2. The molecule has 1 saturated heterocycles. The quantitative estimate of drug-likeness (QED) is 0.853.